The fourth-order valence-electron chi connectivity index (χ4n) is 3.57. The van der Waals surface area contributed by atoms with Gasteiger partial charge >= 0.3 is 6.03 Å². The van der Waals surface area contributed by atoms with Crippen LogP contribution in [-0.4, -0.2) is 50.4 Å². The molecule has 0 saturated heterocycles. The number of halogens is 1. The van der Waals surface area contributed by atoms with E-state index >= 15 is 0 Å². The summed E-state index contributed by atoms with van der Waals surface area (Å²) >= 11 is 6.07. The first-order chi connectivity index (χ1) is 16.8. The van der Waals surface area contributed by atoms with E-state index in [1.807, 2.05) is 6.07 Å². The van der Waals surface area contributed by atoms with E-state index in [-0.39, 0.29) is 24.1 Å². The van der Waals surface area contributed by atoms with E-state index < -0.39 is 5.56 Å². The molecule has 35 heavy (non-hydrogen) atoms. The smallest absolute Gasteiger partial charge is 0.346 e. The molecule has 4 aromatic rings. The summed E-state index contributed by atoms with van der Waals surface area (Å²) < 4.78 is 8.50. The van der Waals surface area contributed by atoms with Crippen molar-refractivity contribution in [1.82, 2.24) is 24.2 Å². The quantitative estimate of drug-likeness (QED) is 0.438. The maximum absolute atomic E-state index is 13.3. The number of hydrogen-bond acceptors (Lipinski definition) is 7. The lowest BCUT2D eigenvalue weighted by Gasteiger charge is -2.15. The van der Waals surface area contributed by atoms with Gasteiger partial charge < -0.3 is 19.9 Å². The molecule has 2 N–H and O–H groups in total. The van der Waals surface area contributed by atoms with E-state index in [1.165, 1.54) is 32.3 Å². The van der Waals surface area contributed by atoms with Crippen LogP contribution < -0.4 is 16.0 Å². The molecule has 0 spiro atoms. The van der Waals surface area contributed by atoms with Gasteiger partial charge in [0.15, 0.2) is 11.4 Å². The molecule has 0 aliphatic carbocycles. The van der Waals surface area contributed by atoms with Gasteiger partial charge in [-0.15, -0.1) is 0 Å². The Morgan fingerprint density at radius 2 is 2.11 bits per heavy atom. The number of likely N-dealkylation sites (N-methyl/N-ethyl adjacent to an activating group) is 1. The third-order valence-electron chi connectivity index (χ3n) is 5.35. The fourth-order valence-corrected chi connectivity index (χ4v) is 3.80. The van der Waals surface area contributed by atoms with E-state index in [0.717, 1.165) is 0 Å². The van der Waals surface area contributed by atoms with Crippen LogP contribution in [0.5, 0.6) is 11.5 Å². The molecule has 0 atom stereocenters. The first-order valence-electron chi connectivity index (χ1n) is 10.7. The molecule has 0 fully saturated rings. The second kappa shape index (κ2) is 9.97. The van der Waals surface area contributed by atoms with Crippen molar-refractivity contribution in [3.8, 4) is 17.6 Å². The van der Waals surface area contributed by atoms with Gasteiger partial charge in [-0.25, -0.2) is 9.78 Å². The van der Waals surface area contributed by atoms with E-state index in [2.05, 4.69) is 10.1 Å². The topological polar surface area (TPSA) is 132 Å². The predicted octanol–water partition coefficient (Wildman–Crippen LogP) is 3.13. The van der Waals surface area contributed by atoms with Crippen molar-refractivity contribution in [2.75, 3.05) is 20.1 Å². The Morgan fingerprint density at radius 1 is 1.31 bits per heavy atom. The van der Waals surface area contributed by atoms with Crippen LogP contribution in [0.25, 0.3) is 11.0 Å². The molecule has 0 bridgehead atoms. The van der Waals surface area contributed by atoms with Crippen LogP contribution in [0.4, 0.5) is 4.79 Å². The molecule has 0 saturated carbocycles. The van der Waals surface area contributed by atoms with E-state index in [1.54, 1.807) is 44.6 Å². The van der Waals surface area contributed by atoms with Crippen molar-refractivity contribution >= 4 is 28.7 Å². The molecule has 4 rings (SSSR count). The molecule has 3 aromatic heterocycles. The number of aromatic nitrogens is 4. The Bertz CT molecular complexity index is 1520. The lowest BCUT2D eigenvalue weighted by molar-refractivity contribution is 0.209. The Kier molecular flexibility index (Phi) is 6.82. The second-order valence-corrected chi connectivity index (χ2v) is 8.31. The van der Waals surface area contributed by atoms with Crippen molar-refractivity contribution in [2.24, 2.45) is 5.73 Å². The molecular weight excluding hydrogens is 470 g/mol. The molecule has 0 radical (unpaired) electrons. The number of carbonyl (C=O) groups is 1. The number of benzene rings is 1. The highest BCUT2D eigenvalue weighted by Crippen LogP contribution is 2.26. The van der Waals surface area contributed by atoms with Crippen molar-refractivity contribution < 1.29 is 9.53 Å². The van der Waals surface area contributed by atoms with Crippen LogP contribution >= 0.6 is 11.6 Å². The van der Waals surface area contributed by atoms with Gasteiger partial charge in [0, 0.05) is 42.9 Å². The summed E-state index contributed by atoms with van der Waals surface area (Å²) in [5, 5.41) is 14.6. The summed E-state index contributed by atoms with van der Waals surface area (Å²) in [6, 6.07) is 11.5. The number of hydrogen-bond donors (Lipinski definition) is 1. The molecule has 0 unspecified atom stereocenters. The monoisotopic (exact) mass is 491 g/mol. The minimum atomic E-state index is -0.401. The average Bonchev–Trinajstić information content (AvgIpc) is 3.21. The van der Waals surface area contributed by atoms with Gasteiger partial charge in [-0.05, 0) is 48.9 Å². The number of amides is 1. The number of fused-ring (bicyclic) bond motifs is 1. The van der Waals surface area contributed by atoms with Gasteiger partial charge in [0.2, 0.25) is 0 Å². The third kappa shape index (κ3) is 4.87. The van der Waals surface area contributed by atoms with Crippen molar-refractivity contribution in [3.05, 3.63) is 81.0 Å². The number of nitrogens with zero attached hydrogens (tertiary/aromatic N) is 6. The van der Waals surface area contributed by atoms with Crippen LogP contribution in [0.2, 0.25) is 5.02 Å². The minimum absolute atomic E-state index is 0.0809. The number of rotatable bonds is 6. The first-order valence-corrected chi connectivity index (χ1v) is 11.1. The highest BCUT2D eigenvalue weighted by atomic mass is 35.5. The molecule has 0 aliphatic heterocycles. The van der Waals surface area contributed by atoms with Crippen molar-refractivity contribution in [3.63, 3.8) is 0 Å². The Labute approximate surface area is 205 Å². The number of aryl methyl sites for hydroxylation is 1. The molecule has 11 heteroatoms. The summed E-state index contributed by atoms with van der Waals surface area (Å²) in [7, 11) is 1.63. The highest BCUT2D eigenvalue weighted by molar-refractivity contribution is 6.30. The maximum atomic E-state index is 13.3. The zero-order chi connectivity index (χ0) is 25.1. The molecule has 10 nitrogen and oxygen atoms in total. The Balaban J connectivity index is 1.72. The highest BCUT2D eigenvalue weighted by Gasteiger charge is 2.20. The summed E-state index contributed by atoms with van der Waals surface area (Å²) in [5.74, 6) is 0.374. The standard InChI is InChI=1S/C24H22ClN7O3/c1-15-5-8-31(23(33)21(15)35-18-11-16(13-27)10-17(25)12-18)14-20-19-4-3-7-28-22(19)32(29-20)24(34)30(2)9-6-26/h3-5,7-8,10-12H,6,9,14,26H2,1-2H3. The summed E-state index contributed by atoms with van der Waals surface area (Å²) in [6.07, 6.45) is 3.21. The molecule has 3 heterocycles. The zero-order valence-electron chi connectivity index (χ0n) is 19.1. The Hall–Kier alpha value is -4.20. The van der Waals surface area contributed by atoms with Crippen LogP contribution in [0.1, 0.15) is 16.8 Å². The third-order valence-corrected chi connectivity index (χ3v) is 5.57. The fraction of sp³-hybridized carbons (Fsp3) is 0.208. The predicted molar refractivity (Wildman–Crippen MR) is 131 cm³/mol. The van der Waals surface area contributed by atoms with Crippen LogP contribution in [0, 0.1) is 18.3 Å². The van der Waals surface area contributed by atoms with Crippen LogP contribution in [0.15, 0.2) is 53.6 Å². The number of pyridine rings is 2. The number of nitriles is 1. The maximum Gasteiger partial charge on any atom is 0.346 e. The summed E-state index contributed by atoms with van der Waals surface area (Å²) in [6.45, 7) is 2.50. The summed E-state index contributed by atoms with van der Waals surface area (Å²) in [5.41, 5.74) is 6.98. The molecule has 1 amide bonds. The Morgan fingerprint density at radius 3 is 2.86 bits per heavy atom. The van der Waals surface area contributed by atoms with Gasteiger partial charge in [-0.1, -0.05) is 11.6 Å². The number of carbonyl (C=O) groups excluding carboxylic acids is 1. The first kappa shape index (κ1) is 23.9. The van der Waals surface area contributed by atoms with E-state index in [9.17, 15) is 14.9 Å². The van der Waals surface area contributed by atoms with Gasteiger partial charge in [0.05, 0.1) is 23.9 Å². The van der Waals surface area contributed by atoms with Crippen molar-refractivity contribution in [1.29, 1.82) is 5.26 Å². The normalized spacial score (nSPS) is 10.8. The second-order valence-electron chi connectivity index (χ2n) is 7.88. The largest absolute Gasteiger partial charge is 0.451 e. The van der Waals surface area contributed by atoms with Gasteiger partial charge in [-0.2, -0.15) is 15.0 Å². The average molecular weight is 492 g/mol. The number of nitrogens with two attached hydrogens (primary N) is 1. The van der Waals surface area contributed by atoms with Gasteiger partial charge in [-0.3, -0.25) is 4.79 Å². The number of ether oxygens (including phenoxy) is 1. The summed E-state index contributed by atoms with van der Waals surface area (Å²) in [4.78, 5) is 31.9. The molecule has 0 aliphatic rings. The molecule has 178 valence electrons. The lowest BCUT2D eigenvalue weighted by Crippen LogP contribution is -2.35. The van der Waals surface area contributed by atoms with E-state index in [4.69, 9.17) is 22.1 Å². The van der Waals surface area contributed by atoms with Crippen LogP contribution in [0.3, 0.4) is 0 Å². The SMILES string of the molecule is Cc1ccn(Cc2nn(C(=O)N(C)CCN)c3ncccc23)c(=O)c1Oc1cc(Cl)cc(C#N)c1. The zero-order valence-corrected chi connectivity index (χ0v) is 19.9. The van der Waals surface area contributed by atoms with Gasteiger partial charge in [0.25, 0.3) is 5.56 Å². The van der Waals surface area contributed by atoms with Crippen molar-refractivity contribution in [2.45, 2.75) is 13.5 Å². The minimum Gasteiger partial charge on any atom is -0.451 e. The van der Waals surface area contributed by atoms with Gasteiger partial charge in [0.1, 0.15) is 5.75 Å². The van der Waals surface area contributed by atoms with E-state index in [0.29, 0.717) is 46.0 Å². The molecule has 1 aromatic carbocycles. The molecular formula is C24H22ClN7O3. The van der Waals surface area contributed by atoms with Crippen LogP contribution in [-0.2, 0) is 6.54 Å². The lowest BCUT2D eigenvalue weighted by atomic mass is 10.2.